The van der Waals surface area contributed by atoms with Gasteiger partial charge < -0.3 is 0 Å². The minimum atomic E-state index is -0.412. The van der Waals surface area contributed by atoms with Crippen LogP contribution in [0.3, 0.4) is 0 Å². The van der Waals surface area contributed by atoms with Crippen molar-refractivity contribution >= 4 is 11.6 Å². The highest BCUT2D eigenvalue weighted by Crippen LogP contribution is 2.26. The van der Waals surface area contributed by atoms with Crippen molar-refractivity contribution in [1.82, 2.24) is 0 Å². The summed E-state index contributed by atoms with van der Waals surface area (Å²) in [5, 5.41) is 0. The van der Waals surface area contributed by atoms with E-state index in [9.17, 15) is 9.59 Å². The van der Waals surface area contributed by atoms with Crippen molar-refractivity contribution in [2.24, 2.45) is 17.3 Å². The largest absolute Gasteiger partial charge is 0.299 e. The molecule has 0 rings (SSSR count). The van der Waals surface area contributed by atoms with Gasteiger partial charge in [-0.25, -0.2) is 0 Å². The van der Waals surface area contributed by atoms with Crippen LogP contribution in [-0.4, -0.2) is 11.6 Å². The van der Waals surface area contributed by atoms with Crippen LogP contribution in [0.2, 0.25) is 0 Å². The lowest BCUT2D eigenvalue weighted by Crippen LogP contribution is -2.34. The minimum absolute atomic E-state index is 0.108. The van der Waals surface area contributed by atoms with Gasteiger partial charge in [-0.3, -0.25) is 9.59 Å². The van der Waals surface area contributed by atoms with Gasteiger partial charge in [0.15, 0.2) is 0 Å². The Labute approximate surface area is 106 Å². The van der Waals surface area contributed by atoms with Gasteiger partial charge >= 0.3 is 0 Å². The van der Waals surface area contributed by atoms with Crippen molar-refractivity contribution in [1.29, 1.82) is 0 Å². The second-order valence-corrected chi connectivity index (χ2v) is 6.37. The van der Waals surface area contributed by atoms with Crippen molar-refractivity contribution in [3.8, 4) is 0 Å². The van der Waals surface area contributed by atoms with Gasteiger partial charge in [0, 0.05) is 11.8 Å². The molecule has 0 aromatic rings. The molecule has 0 N–H and O–H groups in total. The van der Waals surface area contributed by atoms with Gasteiger partial charge in [-0.2, -0.15) is 0 Å². The van der Waals surface area contributed by atoms with Gasteiger partial charge in [-0.15, -0.1) is 0 Å². The number of carbonyl (C=O) groups is 2. The third-order valence-electron chi connectivity index (χ3n) is 2.90. The lowest BCUT2D eigenvalue weighted by Gasteiger charge is -2.24. The molecule has 2 nitrogen and oxygen atoms in total. The Kier molecular flexibility index (Phi) is 6.66. The first kappa shape index (κ1) is 16.3. The van der Waals surface area contributed by atoms with E-state index in [1.807, 2.05) is 34.6 Å². The summed E-state index contributed by atoms with van der Waals surface area (Å²) >= 11 is 0. The van der Waals surface area contributed by atoms with Gasteiger partial charge in [0.25, 0.3) is 0 Å². The Hall–Kier alpha value is -0.660. The Morgan fingerprint density at radius 1 is 1.12 bits per heavy atom. The smallest absolute Gasteiger partial charge is 0.148 e. The molecule has 0 saturated heterocycles. The minimum Gasteiger partial charge on any atom is -0.299 e. The first-order chi connectivity index (χ1) is 7.70. The van der Waals surface area contributed by atoms with Crippen LogP contribution in [-0.2, 0) is 9.59 Å². The molecule has 0 aliphatic rings. The summed E-state index contributed by atoms with van der Waals surface area (Å²) < 4.78 is 0. The third-order valence-corrected chi connectivity index (χ3v) is 2.90. The second kappa shape index (κ2) is 6.93. The number of hydrogen-bond acceptors (Lipinski definition) is 2. The van der Waals surface area contributed by atoms with Crippen molar-refractivity contribution < 1.29 is 9.59 Å². The number of Topliss-reactive ketones (excluding diaryl/α,β-unsaturated/α-hetero) is 2. The Bertz CT molecular complexity index is 259. The molecule has 0 aliphatic heterocycles. The first-order valence-corrected chi connectivity index (χ1v) is 6.77. The normalized spacial score (nSPS) is 13.8. The van der Waals surface area contributed by atoms with E-state index < -0.39 is 5.41 Å². The summed E-state index contributed by atoms with van der Waals surface area (Å²) in [5.41, 5.74) is -0.412. The fourth-order valence-electron chi connectivity index (χ4n) is 1.91. The number of carbonyl (C=O) groups excluding carboxylic acids is 2. The summed E-state index contributed by atoms with van der Waals surface area (Å²) in [5.74, 6) is 0.196. The second-order valence-electron chi connectivity index (χ2n) is 6.37. The zero-order chi connectivity index (χ0) is 13.6. The predicted molar refractivity (Wildman–Crippen MR) is 71.9 cm³/mol. The number of hydrogen-bond donors (Lipinski definition) is 0. The number of unbranched alkanes of at least 4 members (excludes halogenated alkanes) is 1. The van der Waals surface area contributed by atoms with Crippen LogP contribution < -0.4 is 0 Å². The highest BCUT2D eigenvalue weighted by molar-refractivity contribution is 6.04. The molecule has 0 heterocycles. The van der Waals surface area contributed by atoms with Crippen LogP contribution in [0.4, 0.5) is 0 Å². The molecular formula is C15H28O2. The SMILES string of the molecule is CCCCC(C(=O)CC(C)C)C(=O)C(C)(C)C. The van der Waals surface area contributed by atoms with Crippen LogP contribution in [0, 0.1) is 17.3 Å². The molecule has 0 amide bonds. The first-order valence-electron chi connectivity index (χ1n) is 6.77. The molecule has 100 valence electrons. The van der Waals surface area contributed by atoms with Crippen LogP contribution in [0.1, 0.15) is 67.2 Å². The quantitative estimate of drug-likeness (QED) is 0.630. The van der Waals surface area contributed by atoms with Crippen LogP contribution in [0.25, 0.3) is 0 Å². The number of ketones is 2. The van der Waals surface area contributed by atoms with Crippen molar-refractivity contribution in [3.63, 3.8) is 0 Å². The van der Waals surface area contributed by atoms with E-state index in [4.69, 9.17) is 0 Å². The van der Waals surface area contributed by atoms with E-state index >= 15 is 0 Å². The summed E-state index contributed by atoms with van der Waals surface area (Å²) in [7, 11) is 0. The Morgan fingerprint density at radius 2 is 1.65 bits per heavy atom. The molecule has 17 heavy (non-hydrogen) atoms. The molecule has 0 saturated carbocycles. The van der Waals surface area contributed by atoms with E-state index in [1.165, 1.54) is 0 Å². The van der Waals surface area contributed by atoms with E-state index in [-0.39, 0.29) is 17.5 Å². The van der Waals surface area contributed by atoms with E-state index in [0.29, 0.717) is 12.3 Å². The molecule has 1 atom stereocenters. The Morgan fingerprint density at radius 3 is 2.00 bits per heavy atom. The third kappa shape index (κ3) is 5.99. The van der Waals surface area contributed by atoms with Crippen molar-refractivity contribution in [3.05, 3.63) is 0 Å². The highest BCUT2D eigenvalue weighted by atomic mass is 16.2. The van der Waals surface area contributed by atoms with E-state index in [2.05, 4.69) is 6.92 Å². The fourth-order valence-corrected chi connectivity index (χ4v) is 1.91. The monoisotopic (exact) mass is 240 g/mol. The molecule has 0 aliphatic carbocycles. The molecule has 0 aromatic heterocycles. The zero-order valence-electron chi connectivity index (χ0n) is 12.3. The molecule has 0 spiro atoms. The summed E-state index contributed by atoms with van der Waals surface area (Å²) in [6.07, 6.45) is 3.23. The molecular weight excluding hydrogens is 212 g/mol. The average molecular weight is 240 g/mol. The van der Waals surface area contributed by atoms with Gasteiger partial charge in [-0.05, 0) is 12.3 Å². The zero-order valence-corrected chi connectivity index (χ0v) is 12.3. The molecule has 0 fully saturated rings. The Balaban J connectivity index is 4.75. The predicted octanol–water partition coefficient (Wildman–Crippen LogP) is 4.02. The van der Waals surface area contributed by atoms with E-state index in [1.54, 1.807) is 0 Å². The van der Waals surface area contributed by atoms with E-state index in [0.717, 1.165) is 19.3 Å². The molecule has 0 bridgehead atoms. The molecule has 2 heteroatoms. The highest BCUT2D eigenvalue weighted by Gasteiger charge is 2.33. The number of rotatable bonds is 7. The molecule has 1 unspecified atom stereocenters. The summed E-state index contributed by atoms with van der Waals surface area (Å²) in [6, 6.07) is 0. The lowest BCUT2D eigenvalue weighted by molar-refractivity contribution is -0.138. The summed E-state index contributed by atoms with van der Waals surface area (Å²) in [6.45, 7) is 11.8. The van der Waals surface area contributed by atoms with Gasteiger partial charge in [-0.1, -0.05) is 54.4 Å². The summed E-state index contributed by atoms with van der Waals surface area (Å²) in [4.78, 5) is 24.4. The fraction of sp³-hybridized carbons (Fsp3) is 0.867. The maximum Gasteiger partial charge on any atom is 0.148 e. The van der Waals surface area contributed by atoms with Crippen LogP contribution in [0.5, 0.6) is 0 Å². The van der Waals surface area contributed by atoms with Crippen LogP contribution >= 0.6 is 0 Å². The topological polar surface area (TPSA) is 34.1 Å². The van der Waals surface area contributed by atoms with Crippen molar-refractivity contribution in [2.45, 2.75) is 67.2 Å². The molecule has 0 radical (unpaired) electrons. The average Bonchev–Trinajstić information content (AvgIpc) is 2.15. The van der Waals surface area contributed by atoms with Gasteiger partial charge in [0.2, 0.25) is 0 Å². The van der Waals surface area contributed by atoms with Gasteiger partial charge in [0.05, 0.1) is 5.92 Å². The maximum atomic E-state index is 12.3. The lowest BCUT2D eigenvalue weighted by atomic mass is 9.77. The van der Waals surface area contributed by atoms with Crippen molar-refractivity contribution in [2.75, 3.05) is 0 Å². The molecule has 0 aromatic carbocycles. The maximum absolute atomic E-state index is 12.3. The standard InChI is InChI=1S/C15H28O2/c1-7-8-9-12(13(16)10-11(2)3)14(17)15(4,5)6/h11-12H,7-10H2,1-6H3. The van der Waals surface area contributed by atoms with Gasteiger partial charge in [0.1, 0.15) is 11.6 Å². The van der Waals surface area contributed by atoms with Crippen LogP contribution in [0.15, 0.2) is 0 Å².